The van der Waals surface area contributed by atoms with Crippen LogP contribution >= 0.6 is 0 Å². The zero-order valence-electron chi connectivity index (χ0n) is 11.3. The third kappa shape index (κ3) is 5.31. The average molecular weight is 227 g/mol. The van der Waals surface area contributed by atoms with Crippen molar-refractivity contribution in [3.05, 3.63) is 0 Å². The van der Waals surface area contributed by atoms with Gasteiger partial charge in [-0.1, -0.05) is 13.8 Å². The lowest BCUT2D eigenvalue weighted by Gasteiger charge is -2.37. The number of hydrogen-bond donors (Lipinski definition) is 1. The highest BCUT2D eigenvalue weighted by Gasteiger charge is 2.29. The highest BCUT2D eigenvalue weighted by molar-refractivity contribution is 4.82. The van der Waals surface area contributed by atoms with Crippen molar-refractivity contribution in [2.45, 2.75) is 46.5 Å². The molecule has 1 saturated carbocycles. The van der Waals surface area contributed by atoms with E-state index in [1.807, 2.05) is 0 Å². The van der Waals surface area contributed by atoms with Crippen LogP contribution in [0.4, 0.5) is 0 Å². The minimum atomic E-state index is 0.775. The Morgan fingerprint density at radius 1 is 1.25 bits per heavy atom. The number of nitrogens with one attached hydrogen (secondary N) is 1. The summed E-state index contributed by atoms with van der Waals surface area (Å²) in [5.74, 6) is 2.69. The molecule has 1 aliphatic carbocycles. The highest BCUT2D eigenvalue weighted by atomic mass is 16.5. The Kier molecular flexibility index (Phi) is 7.06. The molecule has 0 bridgehead atoms. The first-order chi connectivity index (χ1) is 7.74. The fraction of sp³-hybridized carbons (Fsp3) is 1.00. The maximum Gasteiger partial charge on any atom is 0.0465 e. The second-order valence-corrected chi connectivity index (χ2v) is 5.49. The third-order valence-electron chi connectivity index (χ3n) is 3.60. The quantitative estimate of drug-likeness (QED) is 0.611. The Bertz CT molecular complexity index is 170. The molecule has 0 saturated heterocycles. The monoisotopic (exact) mass is 227 g/mol. The van der Waals surface area contributed by atoms with Crippen molar-refractivity contribution in [1.29, 1.82) is 0 Å². The van der Waals surface area contributed by atoms with Crippen molar-refractivity contribution < 1.29 is 4.74 Å². The first-order valence-corrected chi connectivity index (χ1v) is 7.02. The Balaban J connectivity index is 1.97. The molecule has 2 heteroatoms. The maximum atomic E-state index is 5.38. The van der Waals surface area contributed by atoms with E-state index in [0.29, 0.717) is 0 Å². The van der Waals surface area contributed by atoms with Gasteiger partial charge in [0, 0.05) is 13.2 Å². The van der Waals surface area contributed by atoms with E-state index in [2.05, 4.69) is 26.1 Å². The maximum absolute atomic E-state index is 5.38. The van der Waals surface area contributed by atoms with Gasteiger partial charge in [0.25, 0.3) is 0 Å². The summed E-state index contributed by atoms with van der Waals surface area (Å²) in [4.78, 5) is 0. The third-order valence-corrected chi connectivity index (χ3v) is 3.60. The summed E-state index contributed by atoms with van der Waals surface area (Å²) in [6.45, 7) is 10.8. The van der Waals surface area contributed by atoms with Crippen molar-refractivity contribution in [2.24, 2.45) is 17.8 Å². The van der Waals surface area contributed by atoms with Crippen molar-refractivity contribution in [1.82, 2.24) is 5.32 Å². The molecule has 16 heavy (non-hydrogen) atoms. The molecule has 2 atom stereocenters. The van der Waals surface area contributed by atoms with Crippen LogP contribution in [0, 0.1) is 17.8 Å². The van der Waals surface area contributed by atoms with Gasteiger partial charge in [-0.2, -0.15) is 0 Å². The molecule has 2 unspecified atom stereocenters. The smallest absolute Gasteiger partial charge is 0.0465 e. The van der Waals surface area contributed by atoms with E-state index in [1.54, 1.807) is 0 Å². The summed E-state index contributed by atoms with van der Waals surface area (Å²) in [5, 5.41) is 3.59. The molecule has 0 spiro atoms. The summed E-state index contributed by atoms with van der Waals surface area (Å²) in [5.41, 5.74) is 0. The van der Waals surface area contributed by atoms with Gasteiger partial charge >= 0.3 is 0 Å². The first-order valence-electron chi connectivity index (χ1n) is 7.02. The van der Waals surface area contributed by atoms with Gasteiger partial charge in [0.05, 0.1) is 0 Å². The Morgan fingerprint density at radius 3 is 2.56 bits per heavy atom. The SMILES string of the molecule is CCOCCCC1CCC1CNCC(C)C. The summed E-state index contributed by atoms with van der Waals surface area (Å²) in [6.07, 6.45) is 5.50. The summed E-state index contributed by atoms with van der Waals surface area (Å²) < 4.78 is 5.38. The van der Waals surface area contributed by atoms with Crippen LogP contribution in [0.5, 0.6) is 0 Å². The molecule has 1 N–H and O–H groups in total. The number of rotatable bonds is 9. The molecule has 0 aromatic rings. The van der Waals surface area contributed by atoms with Crippen LogP contribution in [0.2, 0.25) is 0 Å². The van der Waals surface area contributed by atoms with E-state index in [0.717, 1.165) is 31.0 Å². The van der Waals surface area contributed by atoms with Crippen molar-refractivity contribution in [2.75, 3.05) is 26.3 Å². The van der Waals surface area contributed by atoms with E-state index in [-0.39, 0.29) is 0 Å². The number of ether oxygens (including phenoxy) is 1. The predicted molar refractivity (Wildman–Crippen MR) is 69.6 cm³/mol. The van der Waals surface area contributed by atoms with Crippen molar-refractivity contribution in [3.63, 3.8) is 0 Å². The summed E-state index contributed by atoms with van der Waals surface area (Å²) >= 11 is 0. The molecule has 0 amide bonds. The van der Waals surface area contributed by atoms with E-state index in [1.165, 1.54) is 38.8 Å². The van der Waals surface area contributed by atoms with Gasteiger partial charge in [0.1, 0.15) is 0 Å². The van der Waals surface area contributed by atoms with Crippen LogP contribution in [0.25, 0.3) is 0 Å². The van der Waals surface area contributed by atoms with Gasteiger partial charge in [0.2, 0.25) is 0 Å². The highest BCUT2D eigenvalue weighted by Crippen LogP contribution is 2.37. The van der Waals surface area contributed by atoms with Crippen LogP contribution in [-0.2, 0) is 4.74 Å². The molecule has 1 rings (SSSR count). The van der Waals surface area contributed by atoms with Gasteiger partial charge in [0.15, 0.2) is 0 Å². The van der Waals surface area contributed by atoms with E-state index in [4.69, 9.17) is 4.74 Å². The second-order valence-electron chi connectivity index (χ2n) is 5.49. The second kappa shape index (κ2) is 8.08. The molecule has 2 nitrogen and oxygen atoms in total. The Hall–Kier alpha value is -0.0800. The lowest BCUT2D eigenvalue weighted by Crippen LogP contribution is -2.36. The molecule has 1 fully saturated rings. The fourth-order valence-corrected chi connectivity index (χ4v) is 2.44. The minimum absolute atomic E-state index is 0.775. The Labute approximate surface area is 101 Å². The molecule has 0 aliphatic heterocycles. The standard InChI is InChI=1S/C14H29NO/c1-4-16-9-5-6-13-7-8-14(13)11-15-10-12(2)3/h12-15H,4-11H2,1-3H3. The molecule has 0 radical (unpaired) electrons. The zero-order chi connectivity index (χ0) is 11.8. The largest absolute Gasteiger partial charge is 0.382 e. The molecule has 0 heterocycles. The van der Waals surface area contributed by atoms with E-state index in [9.17, 15) is 0 Å². The molecule has 0 aromatic carbocycles. The zero-order valence-corrected chi connectivity index (χ0v) is 11.3. The van der Waals surface area contributed by atoms with E-state index >= 15 is 0 Å². The molecule has 96 valence electrons. The van der Waals surface area contributed by atoms with Gasteiger partial charge < -0.3 is 10.1 Å². The van der Waals surface area contributed by atoms with Gasteiger partial charge in [-0.3, -0.25) is 0 Å². The van der Waals surface area contributed by atoms with Crippen LogP contribution < -0.4 is 5.32 Å². The topological polar surface area (TPSA) is 21.3 Å². The van der Waals surface area contributed by atoms with Crippen LogP contribution in [-0.4, -0.2) is 26.3 Å². The normalized spacial score (nSPS) is 24.8. The number of hydrogen-bond acceptors (Lipinski definition) is 2. The Morgan fingerprint density at radius 2 is 2.00 bits per heavy atom. The predicted octanol–water partition coefficient (Wildman–Crippen LogP) is 3.07. The molecular formula is C14H29NO. The summed E-state index contributed by atoms with van der Waals surface area (Å²) in [7, 11) is 0. The van der Waals surface area contributed by atoms with Gasteiger partial charge in [-0.25, -0.2) is 0 Å². The van der Waals surface area contributed by atoms with Gasteiger partial charge in [-0.05, 0) is 63.5 Å². The van der Waals surface area contributed by atoms with Crippen molar-refractivity contribution >= 4 is 0 Å². The summed E-state index contributed by atoms with van der Waals surface area (Å²) in [6, 6.07) is 0. The first kappa shape index (κ1) is 14.0. The van der Waals surface area contributed by atoms with E-state index < -0.39 is 0 Å². The van der Waals surface area contributed by atoms with Crippen LogP contribution in [0.1, 0.15) is 46.5 Å². The van der Waals surface area contributed by atoms with Gasteiger partial charge in [-0.15, -0.1) is 0 Å². The van der Waals surface area contributed by atoms with Crippen LogP contribution in [0.15, 0.2) is 0 Å². The average Bonchev–Trinajstić information content (AvgIpc) is 2.22. The molecule has 0 aromatic heterocycles. The lowest BCUT2D eigenvalue weighted by molar-refractivity contribution is 0.111. The van der Waals surface area contributed by atoms with Crippen molar-refractivity contribution in [3.8, 4) is 0 Å². The van der Waals surface area contributed by atoms with Crippen LogP contribution in [0.3, 0.4) is 0 Å². The lowest BCUT2D eigenvalue weighted by atomic mass is 9.71. The minimum Gasteiger partial charge on any atom is -0.382 e. The molecular weight excluding hydrogens is 198 g/mol. The molecule has 1 aliphatic rings. The fourth-order valence-electron chi connectivity index (χ4n) is 2.44.